The van der Waals surface area contributed by atoms with Crippen molar-refractivity contribution in [1.29, 1.82) is 0 Å². The van der Waals surface area contributed by atoms with Gasteiger partial charge >= 0.3 is 5.97 Å². The smallest absolute Gasteiger partial charge is 0.331 e. The highest BCUT2D eigenvalue weighted by atomic mass is 35.5. The van der Waals surface area contributed by atoms with Gasteiger partial charge in [0.15, 0.2) is 0 Å². The van der Waals surface area contributed by atoms with Crippen molar-refractivity contribution in [2.75, 3.05) is 12.3 Å². The molecule has 0 aliphatic heterocycles. The Bertz CT molecular complexity index is 501. The number of nitrogens with one attached hydrogen (secondary N) is 1. The van der Waals surface area contributed by atoms with Crippen LogP contribution in [0, 0.1) is 0 Å². The summed E-state index contributed by atoms with van der Waals surface area (Å²) in [5.41, 5.74) is 5.09. The van der Waals surface area contributed by atoms with Crippen LogP contribution in [0.25, 0.3) is 0 Å². The monoisotopic (exact) mass is 284 g/mol. The van der Waals surface area contributed by atoms with Gasteiger partial charge in [-0.25, -0.2) is 4.79 Å². The molecule has 0 saturated heterocycles. The summed E-state index contributed by atoms with van der Waals surface area (Å²) in [6, 6.07) is 4.58. The number of amides is 1. The van der Waals surface area contributed by atoms with Gasteiger partial charge in [-0.2, -0.15) is 0 Å². The molecule has 1 aromatic carbocycles. The molecule has 5 nitrogen and oxygen atoms in total. The summed E-state index contributed by atoms with van der Waals surface area (Å²) in [7, 11) is 0. The van der Waals surface area contributed by atoms with Crippen molar-refractivity contribution in [3.63, 3.8) is 0 Å². The Hall–Kier alpha value is -1.75. The van der Waals surface area contributed by atoms with E-state index in [4.69, 9.17) is 22.1 Å². The van der Waals surface area contributed by atoms with Crippen LogP contribution >= 0.6 is 11.6 Å². The van der Waals surface area contributed by atoms with Crippen LogP contribution in [0.15, 0.2) is 18.2 Å². The molecule has 0 radical (unpaired) electrons. The number of ether oxygens (including phenoxy) is 1. The van der Waals surface area contributed by atoms with Crippen LogP contribution in [0.1, 0.15) is 31.1 Å². The van der Waals surface area contributed by atoms with E-state index in [0.29, 0.717) is 10.7 Å². The van der Waals surface area contributed by atoms with Crippen molar-refractivity contribution >= 4 is 29.2 Å². The first-order valence-electron chi connectivity index (χ1n) is 5.82. The van der Waals surface area contributed by atoms with Gasteiger partial charge in [-0.1, -0.05) is 11.6 Å². The SMILES string of the molecule is CCOC(=O)C(C)(C)NC(=O)c1cc(Cl)ccc1N. The molecule has 0 heterocycles. The van der Waals surface area contributed by atoms with Crippen LogP contribution in [-0.2, 0) is 9.53 Å². The summed E-state index contributed by atoms with van der Waals surface area (Å²) in [4.78, 5) is 23.8. The Morgan fingerprint density at radius 1 is 1.42 bits per heavy atom. The Morgan fingerprint density at radius 2 is 2.05 bits per heavy atom. The second-order valence-corrected chi connectivity index (χ2v) is 4.97. The minimum absolute atomic E-state index is 0.227. The minimum atomic E-state index is -1.14. The molecule has 1 amide bonds. The Kier molecular flexibility index (Phi) is 4.78. The lowest BCUT2D eigenvalue weighted by Crippen LogP contribution is -2.50. The second-order valence-electron chi connectivity index (χ2n) is 4.53. The van der Waals surface area contributed by atoms with Crippen LogP contribution in [-0.4, -0.2) is 24.0 Å². The zero-order chi connectivity index (χ0) is 14.6. The maximum Gasteiger partial charge on any atom is 0.331 e. The van der Waals surface area contributed by atoms with Crippen LogP contribution in [0.3, 0.4) is 0 Å². The first-order chi connectivity index (χ1) is 8.77. The van der Waals surface area contributed by atoms with E-state index in [-0.39, 0.29) is 12.2 Å². The van der Waals surface area contributed by atoms with Gasteiger partial charge in [0.25, 0.3) is 5.91 Å². The molecular weight excluding hydrogens is 268 g/mol. The quantitative estimate of drug-likeness (QED) is 0.654. The van der Waals surface area contributed by atoms with Gasteiger partial charge in [0.2, 0.25) is 0 Å². The molecule has 1 aromatic rings. The van der Waals surface area contributed by atoms with E-state index in [1.54, 1.807) is 26.8 Å². The fourth-order valence-corrected chi connectivity index (χ4v) is 1.61. The molecule has 0 bridgehead atoms. The molecule has 6 heteroatoms. The van der Waals surface area contributed by atoms with Crippen molar-refractivity contribution in [2.24, 2.45) is 0 Å². The molecule has 3 N–H and O–H groups in total. The maximum absolute atomic E-state index is 12.1. The molecule has 0 saturated carbocycles. The van der Waals surface area contributed by atoms with Crippen molar-refractivity contribution in [1.82, 2.24) is 5.32 Å². The predicted octanol–water partition coefficient (Wildman–Crippen LogP) is 1.99. The van der Waals surface area contributed by atoms with Gasteiger partial charge in [-0.15, -0.1) is 0 Å². The Labute approximate surface area is 117 Å². The lowest BCUT2D eigenvalue weighted by Gasteiger charge is -2.24. The van der Waals surface area contributed by atoms with Gasteiger partial charge in [0.1, 0.15) is 5.54 Å². The van der Waals surface area contributed by atoms with Gasteiger partial charge in [-0.05, 0) is 39.0 Å². The number of hydrogen-bond donors (Lipinski definition) is 2. The zero-order valence-electron chi connectivity index (χ0n) is 11.1. The van der Waals surface area contributed by atoms with Crippen LogP contribution in [0.4, 0.5) is 5.69 Å². The van der Waals surface area contributed by atoms with Crippen molar-refractivity contribution in [2.45, 2.75) is 26.3 Å². The van der Waals surface area contributed by atoms with Crippen LogP contribution < -0.4 is 11.1 Å². The summed E-state index contributed by atoms with van der Waals surface area (Å²) in [6.07, 6.45) is 0. The summed E-state index contributed by atoms with van der Waals surface area (Å²) in [5, 5.41) is 2.97. The number of carbonyl (C=O) groups excluding carboxylic acids is 2. The Morgan fingerprint density at radius 3 is 2.63 bits per heavy atom. The van der Waals surface area contributed by atoms with Gasteiger partial charge in [-0.3, -0.25) is 4.79 Å². The van der Waals surface area contributed by atoms with Crippen LogP contribution in [0.2, 0.25) is 5.02 Å². The molecule has 0 spiro atoms. The third-order valence-electron chi connectivity index (χ3n) is 2.47. The number of nitrogen functional groups attached to an aromatic ring is 1. The average Bonchev–Trinajstić information content (AvgIpc) is 2.32. The van der Waals surface area contributed by atoms with Crippen LogP contribution in [0.5, 0.6) is 0 Å². The zero-order valence-corrected chi connectivity index (χ0v) is 11.9. The standard InChI is InChI=1S/C13H17ClN2O3/c1-4-19-12(18)13(2,3)16-11(17)9-7-8(14)5-6-10(9)15/h5-7H,4,15H2,1-3H3,(H,16,17). The molecule has 0 aliphatic carbocycles. The molecular formula is C13H17ClN2O3. The molecule has 104 valence electrons. The average molecular weight is 285 g/mol. The number of hydrogen-bond acceptors (Lipinski definition) is 4. The van der Waals surface area contributed by atoms with E-state index in [9.17, 15) is 9.59 Å². The number of anilines is 1. The molecule has 0 fully saturated rings. The third kappa shape index (κ3) is 3.86. The highest BCUT2D eigenvalue weighted by Gasteiger charge is 2.31. The number of nitrogens with two attached hydrogens (primary N) is 1. The van der Waals surface area contributed by atoms with E-state index in [2.05, 4.69) is 5.32 Å². The normalized spacial score (nSPS) is 10.9. The van der Waals surface area contributed by atoms with Crippen molar-refractivity contribution < 1.29 is 14.3 Å². The molecule has 0 aromatic heterocycles. The summed E-state index contributed by atoms with van der Waals surface area (Å²) >= 11 is 5.82. The van der Waals surface area contributed by atoms with Crippen molar-refractivity contribution in [3.05, 3.63) is 28.8 Å². The molecule has 1 rings (SSSR count). The van der Waals surface area contributed by atoms with E-state index in [1.807, 2.05) is 0 Å². The number of rotatable bonds is 4. The van der Waals surface area contributed by atoms with Gasteiger partial charge in [0, 0.05) is 10.7 Å². The molecule has 0 atom stereocenters. The topological polar surface area (TPSA) is 81.4 Å². The number of benzene rings is 1. The van der Waals surface area contributed by atoms with E-state index in [0.717, 1.165) is 0 Å². The van der Waals surface area contributed by atoms with Gasteiger partial charge in [0.05, 0.1) is 12.2 Å². The van der Waals surface area contributed by atoms with Gasteiger partial charge < -0.3 is 15.8 Å². The highest BCUT2D eigenvalue weighted by Crippen LogP contribution is 2.19. The first-order valence-corrected chi connectivity index (χ1v) is 6.20. The molecule has 0 aliphatic rings. The largest absolute Gasteiger partial charge is 0.464 e. The van der Waals surface area contributed by atoms with E-state index in [1.165, 1.54) is 12.1 Å². The summed E-state index contributed by atoms with van der Waals surface area (Å²) in [6.45, 7) is 5.06. The number of halogens is 1. The number of esters is 1. The summed E-state index contributed by atoms with van der Waals surface area (Å²) in [5.74, 6) is -0.984. The van der Waals surface area contributed by atoms with E-state index < -0.39 is 17.4 Å². The summed E-state index contributed by atoms with van der Waals surface area (Å²) < 4.78 is 4.89. The third-order valence-corrected chi connectivity index (χ3v) is 2.71. The molecule has 0 unspecified atom stereocenters. The fraction of sp³-hybridized carbons (Fsp3) is 0.385. The Balaban J connectivity index is 2.90. The first kappa shape index (κ1) is 15.3. The highest BCUT2D eigenvalue weighted by molar-refractivity contribution is 6.31. The predicted molar refractivity (Wildman–Crippen MR) is 74.0 cm³/mol. The fourth-order valence-electron chi connectivity index (χ4n) is 1.44. The number of carbonyl (C=O) groups is 2. The second kappa shape index (κ2) is 5.93. The maximum atomic E-state index is 12.1. The minimum Gasteiger partial charge on any atom is -0.464 e. The lowest BCUT2D eigenvalue weighted by atomic mass is 10.0. The van der Waals surface area contributed by atoms with Crippen molar-refractivity contribution in [3.8, 4) is 0 Å². The van der Waals surface area contributed by atoms with E-state index >= 15 is 0 Å². The molecule has 19 heavy (non-hydrogen) atoms. The lowest BCUT2D eigenvalue weighted by molar-refractivity contribution is -0.149.